The Balaban J connectivity index is 1.75. The van der Waals surface area contributed by atoms with E-state index in [9.17, 15) is 18.0 Å². The summed E-state index contributed by atoms with van der Waals surface area (Å²) in [4.78, 5) is 16.3. The molecule has 26 heavy (non-hydrogen) atoms. The molecule has 0 spiro atoms. The highest BCUT2D eigenvalue weighted by molar-refractivity contribution is 6.31. The molecule has 0 bridgehead atoms. The number of nitrogens with one attached hydrogen (secondary N) is 2. The summed E-state index contributed by atoms with van der Waals surface area (Å²) in [6.45, 7) is 0. The van der Waals surface area contributed by atoms with Gasteiger partial charge in [0.25, 0.3) is 5.91 Å². The summed E-state index contributed by atoms with van der Waals surface area (Å²) in [5.74, 6) is -0.285. The van der Waals surface area contributed by atoms with Crippen molar-refractivity contribution < 1.29 is 18.0 Å². The molecular weight excluding hydrogens is 367 g/mol. The van der Waals surface area contributed by atoms with E-state index in [4.69, 9.17) is 11.6 Å². The highest BCUT2D eigenvalue weighted by Gasteiger charge is 2.33. The maximum Gasteiger partial charge on any atom is 0.417 e. The molecule has 1 fully saturated rings. The molecule has 1 aliphatic carbocycles. The van der Waals surface area contributed by atoms with Crippen molar-refractivity contribution in [1.29, 1.82) is 0 Å². The van der Waals surface area contributed by atoms with Crippen LogP contribution in [0, 0.1) is 0 Å². The number of rotatable bonds is 4. The van der Waals surface area contributed by atoms with E-state index in [2.05, 4.69) is 15.6 Å². The van der Waals surface area contributed by atoms with Crippen molar-refractivity contribution in [3.8, 4) is 0 Å². The standard InChI is InChI=1S/C18H17ClF3N3O/c19-15-6-5-12(9-14(15)18(20,21)22)24-13-7-8-23-16(10-13)17(26)25-11-3-1-2-4-11/h5-11H,1-4H2,(H,23,24)(H,25,26). The number of benzene rings is 1. The summed E-state index contributed by atoms with van der Waals surface area (Å²) in [7, 11) is 0. The van der Waals surface area contributed by atoms with Gasteiger partial charge in [0, 0.05) is 23.6 Å². The summed E-state index contributed by atoms with van der Waals surface area (Å²) < 4.78 is 38.9. The van der Waals surface area contributed by atoms with Crippen LogP contribution in [0.25, 0.3) is 0 Å². The number of amides is 1. The Morgan fingerprint density at radius 1 is 1.12 bits per heavy atom. The largest absolute Gasteiger partial charge is 0.417 e. The van der Waals surface area contributed by atoms with Crippen molar-refractivity contribution in [2.75, 3.05) is 5.32 Å². The minimum absolute atomic E-state index is 0.159. The highest BCUT2D eigenvalue weighted by atomic mass is 35.5. The van der Waals surface area contributed by atoms with Gasteiger partial charge in [0.15, 0.2) is 0 Å². The molecule has 2 aromatic rings. The fraction of sp³-hybridized carbons (Fsp3) is 0.333. The van der Waals surface area contributed by atoms with Crippen LogP contribution in [0.15, 0.2) is 36.5 Å². The van der Waals surface area contributed by atoms with E-state index in [1.54, 1.807) is 6.07 Å². The fourth-order valence-corrected chi connectivity index (χ4v) is 3.17. The molecule has 138 valence electrons. The van der Waals surface area contributed by atoms with Gasteiger partial charge in [-0.25, -0.2) is 0 Å². The number of pyridine rings is 1. The smallest absolute Gasteiger partial charge is 0.355 e. The number of hydrogen-bond donors (Lipinski definition) is 2. The van der Waals surface area contributed by atoms with E-state index in [1.807, 2.05) is 0 Å². The van der Waals surface area contributed by atoms with Gasteiger partial charge in [-0.15, -0.1) is 0 Å². The van der Waals surface area contributed by atoms with Crippen molar-refractivity contribution in [3.63, 3.8) is 0 Å². The molecule has 4 nitrogen and oxygen atoms in total. The Kier molecular flexibility index (Phi) is 5.36. The maximum atomic E-state index is 13.0. The third-order valence-corrected chi connectivity index (χ3v) is 4.57. The van der Waals surface area contributed by atoms with Crippen molar-refractivity contribution in [1.82, 2.24) is 10.3 Å². The summed E-state index contributed by atoms with van der Waals surface area (Å²) in [5, 5.41) is 5.41. The number of carbonyl (C=O) groups excluding carboxylic acids is 1. The van der Waals surface area contributed by atoms with Gasteiger partial charge in [0.1, 0.15) is 5.69 Å². The van der Waals surface area contributed by atoms with Gasteiger partial charge in [0.2, 0.25) is 0 Å². The number of halogens is 4. The number of hydrogen-bond acceptors (Lipinski definition) is 3. The summed E-state index contributed by atoms with van der Waals surface area (Å²) in [6.07, 6.45) is 0.991. The first kappa shape index (κ1) is 18.5. The normalized spacial score (nSPS) is 15.1. The number of anilines is 2. The first-order valence-corrected chi connectivity index (χ1v) is 8.61. The van der Waals surface area contributed by atoms with Gasteiger partial charge < -0.3 is 10.6 Å². The lowest BCUT2D eigenvalue weighted by atomic mass is 10.2. The number of carbonyl (C=O) groups is 1. The first-order valence-electron chi connectivity index (χ1n) is 8.23. The molecule has 2 N–H and O–H groups in total. The van der Waals surface area contributed by atoms with E-state index < -0.39 is 11.7 Å². The predicted octanol–water partition coefficient (Wildman–Crippen LogP) is 5.17. The Labute approximate surface area is 153 Å². The molecule has 1 saturated carbocycles. The number of alkyl halides is 3. The van der Waals surface area contributed by atoms with Crippen LogP contribution in [0.1, 0.15) is 41.7 Å². The predicted molar refractivity (Wildman–Crippen MR) is 93.7 cm³/mol. The molecule has 1 aliphatic rings. The molecule has 0 radical (unpaired) electrons. The Morgan fingerprint density at radius 3 is 2.50 bits per heavy atom. The number of nitrogens with zero attached hydrogens (tertiary/aromatic N) is 1. The monoisotopic (exact) mass is 383 g/mol. The molecule has 3 rings (SSSR count). The fourth-order valence-electron chi connectivity index (χ4n) is 2.95. The lowest BCUT2D eigenvalue weighted by Crippen LogP contribution is -2.33. The van der Waals surface area contributed by atoms with Crippen molar-refractivity contribution in [3.05, 3.63) is 52.8 Å². The second-order valence-corrected chi connectivity index (χ2v) is 6.61. The molecule has 1 aromatic heterocycles. The van der Waals surface area contributed by atoms with Crippen LogP contribution < -0.4 is 10.6 Å². The van der Waals surface area contributed by atoms with Crippen molar-refractivity contribution >= 4 is 28.9 Å². The average Bonchev–Trinajstić information content (AvgIpc) is 3.09. The average molecular weight is 384 g/mol. The SMILES string of the molecule is O=C(NC1CCCC1)c1cc(Nc2ccc(Cl)c(C(F)(F)F)c2)ccn1. The first-order chi connectivity index (χ1) is 12.3. The van der Waals surface area contributed by atoms with Crippen LogP contribution in [0.2, 0.25) is 5.02 Å². The van der Waals surface area contributed by atoms with Gasteiger partial charge in [-0.3, -0.25) is 9.78 Å². The van der Waals surface area contributed by atoms with Gasteiger partial charge in [-0.2, -0.15) is 13.2 Å². The molecule has 1 amide bonds. The van der Waals surface area contributed by atoms with Crippen LogP contribution in [0.3, 0.4) is 0 Å². The molecule has 0 aliphatic heterocycles. The van der Waals surface area contributed by atoms with E-state index in [-0.39, 0.29) is 28.4 Å². The summed E-state index contributed by atoms with van der Waals surface area (Å²) in [5.41, 5.74) is -0.0218. The third-order valence-electron chi connectivity index (χ3n) is 4.24. The summed E-state index contributed by atoms with van der Waals surface area (Å²) in [6, 6.07) is 6.80. The zero-order valence-corrected chi connectivity index (χ0v) is 14.5. The molecule has 8 heteroatoms. The molecule has 0 atom stereocenters. The second-order valence-electron chi connectivity index (χ2n) is 6.20. The summed E-state index contributed by atoms with van der Waals surface area (Å²) >= 11 is 5.62. The molecule has 0 saturated heterocycles. The third kappa shape index (κ3) is 4.46. The van der Waals surface area contributed by atoms with E-state index in [1.165, 1.54) is 24.4 Å². The minimum atomic E-state index is -4.54. The van der Waals surface area contributed by atoms with Gasteiger partial charge in [-0.05, 0) is 43.2 Å². The van der Waals surface area contributed by atoms with E-state index in [0.717, 1.165) is 31.7 Å². The molecule has 1 aromatic carbocycles. The van der Waals surface area contributed by atoms with Gasteiger partial charge >= 0.3 is 6.18 Å². The van der Waals surface area contributed by atoms with E-state index >= 15 is 0 Å². The zero-order valence-electron chi connectivity index (χ0n) is 13.7. The lowest BCUT2D eigenvalue weighted by Gasteiger charge is -2.14. The van der Waals surface area contributed by atoms with Crippen molar-refractivity contribution in [2.24, 2.45) is 0 Å². The second kappa shape index (κ2) is 7.53. The van der Waals surface area contributed by atoms with Gasteiger partial charge in [0.05, 0.1) is 10.6 Å². The zero-order chi connectivity index (χ0) is 18.7. The highest BCUT2D eigenvalue weighted by Crippen LogP contribution is 2.36. The molecule has 0 unspecified atom stereocenters. The van der Waals surface area contributed by atoms with Crippen LogP contribution >= 0.6 is 11.6 Å². The Bertz CT molecular complexity index is 805. The minimum Gasteiger partial charge on any atom is -0.355 e. The van der Waals surface area contributed by atoms with E-state index in [0.29, 0.717) is 5.69 Å². The van der Waals surface area contributed by atoms with Crippen molar-refractivity contribution in [2.45, 2.75) is 37.9 Å². The Morgan fingerprint density at radius 2 is 1.81 bits per heavy atom. The molecular formula is C18H17ClF3N3O. The Hall–Kier alpha value is -2.28. The van der Waals surface area contributed by atoms with Crippen LogP contribution in [-0.2, 0) is 6.18 Å². The topological polar surface area (TPSA) is 54.0 Å². The van der Waals surface area contributed by atoms with Gasteiger partial charge in [-0.1, -0.05) is 24.4 Å². The number of aromatic nitrogens is 1. The van der Waals surface area contributed by atoms with Crippen LogP contribution in [0.4, 0.5) is 24.5 Å². The van der Waals surface area contributed by atoms with Crippen LogP contribution in [-0.4, -0.2) is 16.9 Å². The maximum absolute atomic E-state index is 13.0. The van der Waals surface area contributed by atoms with Crippen LogP contribution in [0.5, 0.6) is 0 Å². The quantitative estimate of drug-likeness (QED) is 0.765. The lowest BCUT2D eigenvalue weighted by molar-refractivity contribution is -0.137. The molecule has 1 heterocycles.